The van der Waals surface area contributed by atoms with Crippen LogP contribution in [0.25, 0.3) is 22.4 Å². The normalized spacial score (nSPS) is 14.1. The first-order valence-electron chi connectivity index (χ1n) is 11.0. The number of rotatable bonds is 6. The molecular weight excluding hydrogens is 416 g/mol. The van der Waals surface area contributed by atoms with Gasteiger partial charge in [-0.05, 0) is 50.5 Å². The molecule has 1 aliphatic carbocycles. The Hall–Kier alpha value is -4.00. The monoisotopic (exact) mass is 440 g/mol. The van der Waals surface area contributed by atoms with Gasteiger partial charge in [-0.15, -0.1) is 0 Å². The topological polar surface area (TPSA) is 97.1 Å². The molecule has 7 nitrogen and oxygen atoms in total. The Labute approximate surface area is 191 Å². The Kier molecular flexibility index (Phi) is 5.38. The van der Waals surface area contributed by atoms with Crippen LogP contribution in [0.2, 0.25) is 0 Å². The van der Waals surface area contributed by atoms with Crippen molar-refractivity contribution >= 4 is 28.6 Å². The summed E-state index contributed by atoms with van der Waals surface area (Å²) in [6, 6.07) is 18.7. The molecule has 1 atom stereocenters. The molecule has 0 saturated heterocycles. The number of nitrogens with one attached hydrogen (secondary N) is 2. The summed E-state index contributed by atoms with van der Waals surface area (Å²) in [5, 5.41) is 10.6. The highest BCUT2D eigenvalue weighted by Crippen LogP contribution is 2.30. The minimum atomic E-state index is -0.241. The van der Waals surface area contributed by atoms with Gasteiger partial charge in [-0.2, -0.15) is 0 Å². The molecule has 2 aromatic carbocycles. The van der Waals surface area contributed by atoms with Crippen LogP contribution >= 0.6 is 0 Å². The van der Waals surface area contributed by atoms with E-state index in [4.69, 9.17) is 4.52 Å². The molecule has 0 radical (unpaired) electrons. The molecule has 1 saturated carbocycles. The van der Waals surface area contributed by atoms with Crippen molar-refractivity contribution in [1.82, 2.24) is 15.5 Å². The van der Waals surface area contributed by atoms with Crippen LogP contribution in [0, 0.1) is 12.8 Å². The fourth-order valence-electron chi connectivity index (χ4n) is 3.83. The molecule has 33 heavy (non-hydrogen) atoms. The molecule has 1 aliphatic rings. The average Bonchev–Trinajstić information content (AvgIpc) is 3.62. The summed E-state index contributed by atoms with van der Waals surface area (Å²) in [5.41, 5.74) is 4.65. The van der Waals surface area contributed by atoms with Crippen molar-refractivity contribution in [3.05, 3.63) is 77.5 Å². The molecule has 0 spiro atoms. The maximum absolute atomic E-state index is 13.3. The van der Waals surface area contributed by atoms with Gasteiger partial charge in [0.1, 0.15) is 0 Å². The maximum atomic E-state index is 13.3. The Balaban J connectivity index is 1.38. The van der Waals surface area contributed by atoms with Crippen molar-refractivity contribution in [2.24, 2.45) is 5.92 Å². The number of pyridine rings is 1. The van der Waals surface area contributed by atoms with Crippen molar-refractivity contribution in [3.63, 3.8) is 0 Å². The first-order valence-corrected chi connectivity index (χ1v) is 11.0. The van der Waals surface area contributed by atoms with E-state index in [-0.39, 0.29) is 23.8 Å². The van der Waals surface area contributed by atoms with E-state index in [2.05, 4.69) is 20.8 Å². The van der Waals surface area contributed by atoms with Crippen LogP contribution in [0.15, 0.2) is 65.2 Å². The Bertz CT molecular complexity index is 1330. The number of aryl methyl sites for hydroxylation is 1. The van der Waals surface area contributed by atoms with Crippen molar-refractivity contribution in [1.29, 1.82) is 0 Å². The van der Waals surface area contributed by atoms with Crippen LogP contribution < -0.4 is 10.6 Å². The van der Waals surface area contributed by atoms with E-state index in [9.17, 15) is 9.59 Å². The van der Waals surface area contributed by atoms with Crippen LogP contribution in [0.3, 0.4) is 0 Å². The first kappa shape index (κ1) is 20.9. The lowest BCUT2D eigenvalue weighted by Crippen LogP contribution is -2.27. The second-order valence-electron chi connectivity index (χ2n) is 8.45. The molecular formula is C26H24N4O3. The SMILES string of the molecule is Cc1noc2nc(-c3ccccc3)cc(C(=O)NC(C)c3ccc(NC(=O)C4CC4)cc3)c12. The highest BCUT2D eigenvalue weighted by molar-refractivity contribution is 6.07. The average molecular weight is 441 g/mol. The number of aromatic nitrogens is 2. The molecule has 166 valence electrons. The predicted octanol–water partition coefficient (Wildman–Crippen LogP) is 5.04. The molecule has 2 aromatic heterocycles. The third-order valence-corrected chi connectivity index (χ3v) is 5.91. The number of amides is 2. The lowest BCUT2D eigenvalue weighted by atomic mass is 10.0. The van der Waals surface area contributed by atoms with E-state index in [1.54, 1.807) is 13.0 Å². The maximum Gasteiger partial charge on any atom is 0.259 e. The number of nitrogens with zero attached hydrogens (tertiary/aromatic N) is 2. The largest absolute Gasteiger partial charge is 0.345 e. The third-order valence-electron chi connectivity index (χ3n) is 5.91. The molecule has 2 amide bonds. The van der Waals surface area contributed by atoms with E-state index >= 15 is 0 Å². The zero-order chi connectivity index (χ0) is 22.9. The van der Waals surface area contributed by atoms with Crippen LogP contribution in [0.4, 0.5) is 5.69 Å². The van der Waals surface area contributed by atoms with E-state index in [1.165, 1.54) is 0 Å². The Morgan fingerprint density at radius 1 is 1.06 bits per heavy atom. The third kappa shape index (κ3) is 4.35. The zero-order valence-corrected chi connectivity index (χ0v) is 18.5. The number of hydrogen-bond acceptors (Lipinski definition) is 5. The summed E-state index contributed by atoms with van der Waals surface area (Å²) in [6.07, 6.45) is 1.93. The van der Waals surface area contributed by atoms with Gasteiger partial charge in [0.25, 0.3) is 11.6 Å². The van der Waals surface area contributed by atoms with Gasteiger partial charge in [0.05, 0.1) is 28.4 Å². The number of carbonyl (C=O) groups is 2. The van der Waals surface area contributed by atoms with Gasteiger partial charge in [-0.25, -0.2) is 4.98 Å². The smallest absolute Gasteiger partial charge is 0.259 e. The molecule has 1 fully saturated rings. The summed E-state index contributed by atoms with van der Waals surface area (Å²) >= 11 is 0. The standard InChI is InChI=1S/C26H24N4O3/c1-15(17-10-12-20(13-11-17)28-24(31)19-8-9-19)27-25(32)21-14-22(18-6-4-3-5-7-18)29-26-23(21)16(2)30-33-26/h3-7,10-15,19H,8-9H2,1-2H3,(H,27,32)(H,28,31). The molecule has 2 heterocycles. The van der Waals surface area contributed by atoms with Crippen LogP contribution in [-0.4, -0.2) is 22.0 Å². The molecule has 0 aliphatic heterocycles. The Morgan fingerprint density at radius 2 is 1.79 bits per heavy atom. The quantitative estimate of drug-likeness (QED) is 0.438. The minimum absolute atomic E-state index is 0.0733. The van der Waals surface area contributed by atoms with Gasteiger partial charge < -0.3 is 15.2 Å². The van der Waals surface area contributed by atoms with Crippen LogP contribution in [-0.2, 0) is 4.79 Å². The summed E-state index contributed by atoms with van der Waals surface area (Å²) in [7, 11) is 0. The van der Waals surface area contributed by atoms with Crippen molar-refractivity contribution < 1.29 is 14.1 Å². The van der Waals surface area contributed by atoms with E-state index < -0.39 is 0 Å². The van der Waals surface area contributed by atoms with Gasteiger partial charge in [0.2, 0.25) is 5.91 Å². The number of fused-ring (bicyclic) bond motifs is 1. The van der Waals surface area contributed by atoms with Crippen LogP contribution in [0.5, 0.6) is 0 Å². The number of anilines is 1. The first-order chi connectivity index (χ1) is 16.0. The fraction of sp³-hybridized carbons (Fsp3) is 0.231. The lowest BCUT2D eigenvalue weighted by molar-refractivity contribution is -0.117. The van der Waals surface area contributed by atoms with Gasteiger partial charge in [0, 0.05) is 17.2 Å². The lowest BCUT2D eigenvalue weighted by Gasteiger charge is -2.16. The van der Waals surface area contributed by atoms with Gasteiger partial charge in [-0.1, -0.05) is 47.6 Å². The van der Waals surface area contributed by atoms with Gasteiger partial charge >= 0.3 is 0 Å². The zero-order valence-electron chi connectivity index (χ0n) is 18.5. The van der Waals surface area contributed by atoms with E-state index in [1.807, 2.05) is 61.5 Å². The summed E-state index contributed by atoms with van der Waals surface area (Å²) < 4.78 is 5.38. The van der Waals surface area contributed by atoms with Crippen molar-refractivity contribution in [2.75, 3.05) is 5.32 Å². The minimum Gasteiger partial charge on any atom is -0.345 e. The van der Waals surface area contributed by atoms with Gasteiger partial charge in [0.15, 0.2) is 0 Å². The summed E-state index contributed by atoms with van der Waals surface area (Å²) in [5.74, 6) is -0.00431. The highest BCUT2D eigenvalue weighted by Gasteiger charge is 2.29. The summed E-state index contributed by atoms with van der Waals surface area (Å²) in [4.78, 5) is 29.8. The van der Waals surface area contributed by atoms with Gasteiger partial charge in [-0.3, -0.25) is 9.59 Å². The van der Waals surface area contributed by atoms with E-state index in [0.29, 0.717) is 28.1 Å². The summed E-state index contributed by atoms with van der Waals surface area (Å²) in [6.45, 7) is 3.72. The predicted molar refractivity (Wildman–Crippen MR) is 126 cm³/mol. The Morgan fingerprint density at radius 3 is 2.48 bits per heavy atom. The second kappa shape index (κ2) is 8.50. The number of hydrogen-bond donors (Lipinski definition) is 2. The molecule has 2 N–H and O–H groups in total. The molecule has 5 rings (SSSR count). The number of benzene rings is 2. The fourth-order valence-corrected chi connectivity index (χ4v) is 3.83. The molecule has 4 aromatic rings. The molecule has 7 heteroatoms. The molecule has 0 bridgehead atoms. The van der Waals surface area contributed by atoms with Crippen molar-refractivity contribution in [2.45, 2.75) is 32.7 Å². The van der Waals surface area contributed by atoms with Crippen LogP contribution in [0.1, 0.15) is 47.4 Å². The van der Waals surface area contributed by atoms with Crippen molar-refractivity contribution in [3.8, 4) is 11.3 Å². The molecule has 1 unspecified atom stereocenters. The highest BCUT2D eigenvalue weighted by atomic mass is 16.5. The second-order valence-corrected chi connectivity index (χ2v) is 8.45. The van der Waals surface area contributed by atoms with E-state index in [0.717, 1.165) is 29.7 Å². The number of carbonyl (C=O) groups excluding carboxylic acids is 2.